The number of para-hydroxylation sites is 2. The van der Waals surface area contributed by atoms with Gasteiger partial charge in [-0.05, 0) is 12.1 Å². The molecule has 0 amide bonds. The highest BCUT2D eigenvalue weighted by Gasteiger charge is 2.13. The molecule has 0 aliphatic rings. The second-order valence-electron chi connectivity index (χ2n) is 4.23. The van der Waals surface area contributed by atoms with Crippen LogP contribution in [0.1, 0.15) is 17.5 Å². The Morgan fingerprint density at radius 3 is 3.00 bits per heavy atom. The minimum absolute atomic E-state index is 0.0242. The lowest BCUT2D eigenvalue weighted by Gasteiger charge is -1.91. The fourth-order valence-electron chi connectivity index (χ4n) is 1.87. The summed E-state index contributed by atoms with van der Waals surface area (Å²) >= 11 is 0. The third-order valence-corrected chi connectivity index (χ3v) is 2.80. The van der Waals surface area contributed by atoms with Gasteiger partial charge in [0.25, 0.3) is 0 Å². The third-order valence-electron chi connectivity index (χ3n) is 2.80. The predicted octanol–water partition coefficient (Wildman–Crippen LogP) is 1.25. The van der Waals surface area contributed by atoms with Crippen molar-refractivity contribution in [3.05, 3.63) is 41.8 Å². The molecule has 0 spiro atoms. The maximum absolute atomic E-state index is 11.1. The van der Waals surface area contributed by atoms with Gasteiger partial charge >= 0.3 is 5.97 Å². The number of methoxy groups -OCH3 is 1. The molecule has 2 heterocycles. The summed E-state index contributed by atoms with van der Waals surface area (Å²) in [5.74, 6) is 1.05. The van der Waals surface area contributed by atoms with Crippen molar-refractivity contribution in [2.75, 3.05) is 7.11 Å². The van der Waals surface area contributed by atoms with Crippen LogP contribution in [0.15, 0.2) is 28.8 Å². The van der Waals surface area contributed by atoms with Gasteiger partial charge < -0.3 is 14.2 Å². The number of hydrogen-bond acceptors (Lipinski definition) is 6. The largest absolute Gasteiger partial charge is 0.469 e. The van der Waals surface area contributed by atoms with E-state index in [0.717, 1.165) is 16.9 Å². The number of carbonyl (C=O) groups excluding carboxylic acids is 1. The number of ether oxygens (including phenoxy) is 1. The number of hydrogen-bond donors (Lipinski definition) is 1. The number of imidazole rings is 1. The van der Waals surface area contributed by atoms with Gasteiger partial charge in [-0.3, -0.25) is 4.79 Å². The molecular formula is C13H12N4O3. The molecule has 0 fully saturated rings. The summed E-state index contributed by atoms with van der Waals surface area (Å²) in [6, 6.07) is 7.74. The number of fused-ring (bicyclic) bond motifs is 1. The quantitative estimate of drug-likeness (QED) is 0.718. The Labute approximate surface area is 114 Å². The molecule has 102 valence electrons. The van der Waals surface area contributed by atoms with Gasteiger partial charge in [0.2, 0.25) is 5.89 Å². The first-order chi connectivity index (χ1) is 9.74. The lowest BCUT2D eigenvalue weighted by molar-refractivity contribution is -0.140. The van der Waals surface area contributed by atoms with Crippen LogP contribution in [0.5, 0.6) is 0 Å². The fourth-order valence-corrected chi connectivity index (χ4v) is 1.87. The standard InChI is InChI=1S/C13H12N4O3/c1-19-13(18)7-12-16-11(17-20-12)6-10-14-8-4-2-3-5-9(8)15-10/h2-5H,6-7H2,1H3,(H,14,15). The van der Waals surface area contributed by atoms with E-state index in [1.54, 1.807) is 0 Å². The summed E-state index contributed by atoms with van der Waals surface area (Å²) in [7, 11) is 1.31. The van der Waals surface area contributed by atoms with Crippen molar-refractivity contribution in [2.45, 2.75) is 12.8 Å². The number of aromatic amines is 1. The highest BCUT2D eigenvalue weighted by molar-refractivity contribution is 5.74. The molecule has 0 bridgehead atoms. The van der Waals surface area contributed by atoms with Crippen LogP contribution in [0.2, 0.25) is 0 Å². The van der Waals surface area contributed by atoms with Gasteiger partial charge in [-0.1, -0.05) is 17.3 Å². The zero-order valence-corrected chi connectivity index (χ0v) is 10.8. The van der Waals surface area contributed by atoms with Gasteiger partial charge in [-0.15, -0.1) is 0 Å². The number of carbonyl (C=O) groups is 1. The topological polar surface area (TPSA) is 93.9 Å². The highest BCUT2D eigenvalue weighted by atomic mass is 16.5. The number of H-pyrrole nitrogens is 1. The smallest absolute Gasteiger partial charge is 0.315 e. The van der Waals surface area contributed by atoms with Gasteiger partial charge in [0.1, 0.15) is 12.2 Å². The van der Waals surface area contributed by atoms with E-state index in [0.29, 0.717) is 12.2 Å². The fraction of sp³-hybridized carbons (Fsp3) is 0.231. The lowest BCUT2D eigenvalue weighted by Crippen LogP contribution is -2.04. The Morgan fingerprint density at radius 2 is 2.20 bits per heavy atom. The summed E-state index contributed by atoms with van der Waals surface area (Å²) < 4.78 is 9.52. The molecule has 0 atom stereocenters. The van der Waals surface area contributed by atoms with Gasteiger partial charge in [0.15, 0.2) is 5.82 Å². The van der Waals surface area contributed by atoms with Crippen molar-refractivity contribution in [3.8, 4) is 0 Å². The monoisotopic (exact) mass is 272 g/mol. The van der Waals surface area contributed by atoms with E-state index >= 15 is 0 Å². The van der Waals surface area contributed by atoms with E-state index in [2.05, 4.69) is 24.8 Å². The van der Waals surface area contributed by atoms with Crippen molar-refractivity contribution in [1.29, 1.82) is 0 Å². The zero-order chi connectivity index (χ0) is 13.9. The summed E-state index contributed by atoms with van der Waals surface area (Å²) in [5, 5.41) is 3.82. The third kappa shape index (κ3) is 2.51. The predicted molar refractivity (Wildman–Crippen MR) is 68.9 cm³/mol. The molecule has 0 saturated heterocycles. The maximum Gasteiger partial charge on any atom is 0.315 e. The number of rotatable bonds is 4. The summed E-state index contributed by atoms with van der Waals surface area (Å²) in [5.41, 5.74) is 1.85. The normalized spacial score (nSPS) is 10.8. The van der Waals surface area contributed by atoms with Crippen molar-refractivity contribution in [2.24, 2.45) is 0 Å². The average molecular weight is 272 g/mol. The molecule has 2 aromatic heterocycles. The first-order valence-electron chi connectivity index (χ1n) is 6.06. The molecule has 20 heavy (non-hydrogen) atoms. The van der Waals surface area contributed by atoms with Crippen LogP contribution in [0, 0.1) is 0 Å². The van der Waals surface area contributed by atoms with E-state index in [9.17, 15) is 4.79 Å². The highest BCUT2D eigenvalue weighted by Crippen LogP contribution is 2.12. The number of nitrogens with one attached hydrogen (secondary N) is 1. The minimum Gasteiger partial charge on any atom is -0.469 e. The van der Waals surface area contributed by atoms with Gasteiger partial charge in [0.05, 0.1) is 24.6 Å². The molecular weight excluding hydrogens is 260 g/mol. The second-order valence-corrected chi connectivity index (χ2v) is 4.23. The lowest BCUT2D eigenvalue weighted by atomic mass is 10.3. The first kappa shape index (κ1) is 12.3. The molecule has 1 aromatic carbocycles. The summed E-state index contributed by atoms with van der Waals surface area (Å²) in [6.45, 7) is 0. The maximum atomic E-state index is 11.1. The molecule has 0 aliphatic carbocycles. The average Bonchev–Trinajstić information content (AvgIpc) is 3.05. The first-order valence-corrected chi connectivity index (χ1v) is 6.06. The van der Waals surface area contributed by atoms with E-state index in [1.807, 2.05) is 24.3 Å². The molecule has 0 saturated carbocycles. The molecule has 0 unspecified atom stereocenters. The van der Waals surface area contributed by atoms with Crippen LogP contribution >= 0.6 is 0 Å². The van der Waals surface area contributed by atoms with Gasteiger partial charge in [0, 0.05) is 0 Å². The van der Waals surface area contributed by atoms with Crippen LogP contribution in [0.3, 0.4) is 0 Å². The molecule has 0 radical (unpaired) electrons. The van der Waals surface area contributed by atoms with Crippen molar-refractivity contribution in [3.63, 3.8) is 0 Å². The number of aromatic nitrogens is 4. The van der Waals surface area contributed by atoms with Crippen LogP contribution in [-0.4, -0.2) is 33.2 Å². The number of esters is 1. The minimum atomic E-state index is -0.413. The molecule has 3 aromatic rings. The van der Waals surface area contributed by atoms with Crippen LogP contribution in [-0.2, 0) is 22.4 Å². The Bertz CT molecular complexity index is 714. The van der Waals surface area contributed by atoms with Gasteiger partial charge in [-0.2, -0.15) is 4.98 Å². The van der Waals surface area contributed by atoms with E-state index in [-0.39, 0.29) is 12.3 Å². The van der Waals surface area contributed by atoms with Gasteiger partial charge in [-0.25, -0.2) is 4.98 Å². The Kier molecular flexibility index (Phi) is 3.16. The van der Waals surface area contributed by atoms with Crippen molar-refractivity contribution < 1.29 is 14.1 Å². The van der Waals surface area contributed by atoms with Crippen LogP contribution in [0.25, 0.3) is 11.0 Å². The molecule has 7 nitrogen and oxygen atoms in total. The number of benzene rings is 1. The van der Waals surface area contributed by atoms with E-state index < -0.39 is 5.97 Å². The molecule has 0 aliphatic heterocycles. The van der Waals surface area contributed by atoms with Crippen molar-refractivity contribution in [1.82, 2.24) is 20.1 Å². The molecule has 1 N–H and O–H groups in total. The Balaban J connectivity index is 1.75. The van der Waals surface area contributed by atoms with Crippen molar-refractivity contribution >= 4 is 17.0 Å². The van der Waals surface area contributed by atoms with E-state index in [1.165, 1.54) is 7.11 Å². The molecule has 3 rings (SSSR count). The summed E-state index contributed by atoms with van der Waals surface area (Å²) in [4.78, 5) is 22.8. The second kappa shape index (κ2) is 5.12. The summed E-state index contributed by atoms with van der Waals surface area (Å²) in [6.07, 6.45) is 0.392. The van der Waals surface area contributed by atoms with Crippen LogP contribution < -0.4 is 0 Å². The van der Waals surface area contributed by atoms with E-state index in [4.69, 9.17) is 4.52 Å². The molecule has 7 heteroatoms. The Morgan fingerprint density at radius 1 is 1.35 bits per heavy atom. The van der Waals surface area contributed by atoms with Crippen LogP contribution in [0.4, 0.5) is 0 Å². The SMILES string of the molecule is COC(=O)Cc1nc(Cc2nc3ccccc3[nH]2)no1. The Hall–Kier alpha value is -2.70. The zero-order valence-electron chi connectivity index (χ0n) is 10.8. The number of nitrogens with zero attached hydrogens (tertiary/aromatic N) is 3.